The quantitative estimate of drug-likeness (QED) is 0.307. The molecule has 0 saturated carbocycles. The molecule has 7 heteroatoms. The molecule has 0 aromatic heterocycles. The van der Waals surface area contributed by atoms with E-state index < -0.39 is 13.5 Å². The second-order valence-electron chi connectivity index (χ2n) is 10.5. The van der Waals surface area contributed by atoms with Crippen LogP contribution in [0.4, 0.5) is 0 Å². The monoisotopic (exact) mass is 503 g/mol. The minimum Gasteiger partial charge on any atom is -0.478 e. The minimum atomic E-state index is -2.45. The van der Waals surface area contributed by atoms with E-state index in [-0.39, 0.29) is 36.9 Å². The van der Waals surface area contributed by atoms with Gasteiger partial charge in [-0.15, -0.1) is 0 Å². The summed E-state index contributed by atoms with van der Waals surface area (Å²) in [6.07, 6.45) is 5.52. The maximum Gasteiger partial charge on any atom is 0.326 e. The van der Waals surface area contributed by atoms with Crippen LogP contribution in [0.3, 0.4) is 0 Å². The molecule has 0 amide bonds. The number of fused-ring (bicyclic) bond motifs is 2. The van der Waals surface area contributed by atoms with Crippen LogP contribution < -0.4 is 14.7 Å². The van der Waals surface area contributed by atoms with Crippen molar-refractivity contribution in [3.05, 3.63) is 72.3 Å². The highest BCUT2D eigenvalue weighted by molar-refractivity contribution is 6.91. The molecule has 1 aliphatic carbocycles. The Kier molecular flexibility index (Phi) is 6.28. The Balaban J connectivity index is 1.77. The van der Waals surface area contributed by atoms with Gasteiger partial charge < -0.3 is 18.9 Å². The molecule has 6 nitrogen and oxygen atoms in total. The van der Waals surface area contributed by atoms with E-state index in [0.717, 1.165) is 11.1 Å². The van der Waals surface area contributed by atoms with Crippen molar-refractivity contribution >= 4 is 31.2 Å². The van der Waals surface area contributed by atoms with Crippen molar-refractivity contribution in [1.29, 1.82) is 0 Å². The molecule has 0 saturated heterocycles. The molecule has 188 valence electrons. The van der Waals surface area contributed by atoms with Crippen LogP contribution in [0.2, 0.25) is 13.1 Å². The van der Waals surface area contributed by atoms with Gasteiger partial charge in [-0.1, -0.05) is 87.3 Å². The lowest BCUT2D eigenvalue weighted by Gasteiger charge is -2.46. The number of nitrogens with zero attached hydrogens (tertiary/aromatic N) is 1. The summed E-state index contributed by atoms with van der Waals surface area (Å²) in [7, 11) is -2.45. The fourth-order valence-corrected chi connectivity index (χ4v) is 9.49. The Morgan fingerprint density at radius 1 is 1.19 bits per heavy atom. The van der Waals surface area contributed by atoms with Crippen LogP contribution in [0.25, 0.3) is 6.08 Å². The Bertz CT molecular complexity index is 1240. The fraction of sp³-hybridized carbons (Fsp3) is 0.379. The van der Waals surface area contributed by atoms with Crippen molar-refractivity contribution in [2.24, 2.45) is 16.3 Å². The summed E-state index contributed by atoms with van der Waals surface area (Å²) >= 11 is 0. The van der Waals surface area contributed by atoms with E-state index in [1.807, 2.05) is 30.4 Å². The molecule has 36 heavy (non-hydrogen) atoms. The largest absolute Gasteiger partial charge is 0.478 e. The first kappa shape index (κ1) is 24.4. The van der Waals surface area contributed by atoms with Gasteiger partial charge in [0.15, 0.2) is 16.9 Å². The molecular formula is C29H33NO5Si. The summed E-state index contributed by atoms with van der Waals surface area (Å²) in [6.45, 7) is 13.3. The summed E-state index contributed by atoms with van der Waals surface area (Å²) in [5.74, 6) is 1.76. The van der Waals surface area contributed by atoms with Gasteiger partial charge in [0.05, 0.1) is 14.1 Å². The van der Waals surface area contributed by atoms with E-state index in [1.54, 1.807) is 6.08 Å². The highest BCUT2D eigenvalue weighted by Crippen LogP contribution is 2.53. The van der Waals surface area contributed by atoms with E-state index in [2.05, 4.69) is 57.8 Å². The van der Waals surface area contributed by atoms with Crippen molar-refractivity contribution in [3.63, 3.8) is 0 Å². The first-order chi connectivity index (χ1) is 17.3. The van der Waals surface area contributed by atoms with Crippen LogP contribution in [-0.2, 0) is 14.3 Å². The number of hydrogen-bond donors (Lipinski definition) is 0. The van der Waals surface area contributed by atoms with Gasteiger partial charge in [-0.3, -0.25) is 4.79 Å². The Morgan fingerprint density at radius 3 is 2.58 bits per heavy atom. The number of benzene rings is 2. The number of aliphatic imine (C=N–C) groups is 1. The fourth-order valence-electron chi connectivity index (χ4n) is 5.60. The summed E-state index contributed by atoms with van der Waals surface area (Å²) in [6, 6.07) is 14.5. The zero-order valence-corrected chi connectivity index (χ0v) is 22.3. The lowest BCUT2D eigenvalue weighted by Crippen LogP contribution is -2.59. The third kappa shape index (κ3) is 3.86. The second kappa shape index (κ2) is 9.28. The van der Waals surface area contributed by atoms with Crippen LogP contribution in [-0.4, -0.2) is 46.0 Å². The maximum absolute atomic E-state index is 14.2. The van der Waals surface area contributed by atoms with E-state index in [1.165, 1.54) is 5.19 Å². The van der Waals surface area contributed by atoms with Gasteiger partial charge in [0.2, 0.25) is 12.7 Å². The normalized spacial score (nSPS) is 24.2. The molecule has 0 N–H and O–H groups in total. The molecule has 5 rings (SSSR count). The molecule has 2 aliphatic heterocycles. The molecule has 0 unspecified atom stereocenters. The van der Waals surface area contributed by atoms with Gasteiger partial charge >= 0.3 is 5.97 Å². The number of esters is 1. The van der Waals surface area contributed by atoms with E-state index in [4.69, 9.17) is 23.9 Å². The number of hydrogen-bond acceptors (Lipinski definition) is 6. The topological polar surface area (TPSA) is 66.4 Å². The molecule has 0 radical (unpaired) electrons. The van der Waals surface area contributed by atoms with Crippen molar-refractivity contribution in [2.75, 3.05) is 20.0 Å². The van der Waals surface area contributed by atoms with Gasteiger partial charge in [0.1, 0.15) is 13.2 Å². The lowest BCUT2D eigenvalue weighted by atomic mass is 9.74. The smallest absolute Gasteiger partial charge is 0.326 e. The highest BCUT2D eigenvalue weighted by atomic mass is 28.3. The third-order valence-corrected chi connectivity index (χ3v) is 11.6. The van der Waals surface area contributed by atoms with Gasteiger partial charge in [-0.25, -0.2) is 4.99 Å². The van der Waals surface area contributed by atoms with Gasteiger partial charge in [-0.2, -0.15) is 0 Å². The molecule has 3 aliphatic rings. The zero-order chi connectivity index (χ0) is 25.5. The van der Waals surface area contributed by atoms with E-state index in [0.29, 0.717) is 24.0 Å². The van der Waals surface area contributed by atoms with Gasteiger partial charge in [0, 0.05) is 5.54 Å². The van der Waals surface area contributed by atoms with Crippen LogP contribution in [0, 0.1) is 11.3 Å². The first-order valence-electron chi connectivity index (χ1n) is 12.5. The Morgan fingerprint density at radius 2 is 1.92 bits per heavy atom. The zero-order valence-electron chi connectivity index (χ0n) is 21.3. The second-order valence-corrected chi connectivity index (χ2v) is 15.1. The summed E-state index contributed by atoms with van der Waals surface area (Å²) in [5, 5.41) is 1.23. The van der Waals surface area contributed by atoms with E-state index >= 15 is 0 Å². The Labute approximate surface area is 213 Å². The molecule has 0 bridgehead atoms. The third-order valence-electron chi connectivity index (χ3n) is 7.58. The van der Waals surface area contributed by atoms with Gasteiger partial charge in [0.25, 0.3) is 0 Å². The summed E-state index contributed by atoms with van der Waals surface area (Å²) in [5.41, 5.74) is 0.562. The molecular weight excluding hydrogens is 470 g/mol. The minimum absolute atomic E-state index is 0.0159. The SMILES string of the molecule is C=CCOC(=O)[C@@]1(C2=N[C@@H](C(C)C)CO2)C=Cc2cc3c(cc2[C@@H]1[Si](C)(C)c1ccccc1)OCO3. The van der Waals surface area contributed by atoms with Crippen molar-refractivity contribution in [3.8, 4) is 11.5 Å². The average molecular weight is 504 g/mol. The number of carbonyl (C=O) groups is 1. The number of ether oxygens (including phenoxy) is 4. The van der Waals surface area contributed by atoms with Crippen molar-refractivity contribution in [2.45, 2.75) is 38.5 Å². The summed E-state index contributed by atoms with van der Waals surface area (Å²) < 4.78 is 23.5. The molecule has 2 aromatic carbocycles. The Hall–Kier alpha value is -3.32. The molecule has 0 fully saturated rings. The van der Waals surface area contributed by atoms with E-state index in [9.17, 15) is 4.79 Å². The molecule has 2 heterocycles. The molecule has 2 aromatic rings. The number of rotatable bonds is 7. The van der Waals surface area contributed by atoms with Crippen LogP contribution in [0.5, 0.6) is 11.5 Å². The predicted molar refractivity (Wildman–Crippen MR) is 143 cm³/mol. The summed E-state index contributed by atoms with van der Waals surface area (Å²) in [4.78, 5) is 19.2. The standard InChI is InChI=1S/C29H33NO5Si/c1-6-14-32-28(31)29(27-30-23(17-33-27)19(2)3)13-12-20-15-24-25(35-18-34-24)16-22(20)26(29)36(4,5)21-10-8-7-9-11-21/h6-13,15-16,19,23,26H,1,14,17-18H2,2-5H3/t23-,26+,29+/m1/s1. The van der Waals surface area contributed by atoms with Crippen molar-refractivity contribution in [1.82, 2.24) is 0 Å². The van der Waals surface area contributed by atoms with Crippen molar-refractivity contribution < 1.29 is 23.7 Å². The van der Waals surface area contributed by atoms with Gasteiger partial charge in [-0.05, 0) is 29.2 Å². The number of carbonyl (C=O) groups excluding carboxylic acids is 1. The average Bonchev–Trinajstić information content (AvgIpc) is 3.55. The molecule has 0 spiro atoms. The lowest BCUT2D eigenvalue weighted by molar-refractivity contribution is -0.149. The van der Waals surface area contributed by atoms with Crippen LogP contribution in [0.1, 0.15) is 30.5 Å². The van der Waals surface area contributed by atoms with Crippen LogP contribution >= 0.6 is 0 Å². The molecule has 3 atom stereocenters. The van der Waals surface area contributed by atoms with Crippen LogP contribution in [0.15, 0.2) is 66.2 Å². The first-order valence-corrected chi connectivity index (χ1v) is 15.5. The predicted octanol–water partition coefficient (Wildman–Crippen LogP) is 4.85. The highest BCUT2D eigenvalue weighted by Gasteiger charge is 2.60. The maximum atomic E-state index is 14.2.